The van der Waals surface area contributed by atoms with Gasteiger partial charge in [-0.25, -0.2) is 0 Å². The van der Waals surface area contributed by atoms with Crippen LogP contribution in [0.5, 0.6) is 0 Å². The van der Waals surface area contributed by atoms with E-state index in [-0.39, 0.29) is 5.92 Å². The SMILES string of the molecule is CSc1ccccc1CN1CCC(CNC(=O)C2CCCCC2)CC1. The minimum atomic E-state index is 0.289. The number of hydrogen-bond donors (Lipinski definition) is 1. The summed E-state index contributed by atoms with van der Waals surface area (Å²) in [5.41, 5.74) is 1.44. The first-order valence-corrected chi connectivity index (χ1v) is 11.1. The molecule has 4 heteroatoms. The maximum absolute atomic E-state index is 12.3. The molecule has 1 aromatic carbocycles. The van der Waals surface area contributed by atoms with E-state index in [4.69, 9.17) is 0 Å². The average molecular weight is 361 g/mol. The summed E-state index contributed by atoms with van der Waals surface area (Å²) in [7, 11) is 0. The molecule has 1 aliphatic heterocycles. The van der Waals surface area contributed by atoms with Crippen LogP contribution >= 0.6 is 11.8 Å². The molecule has 0 radical (unpaired) electrons. The molecule has 0 atom stereocenters. The van der Waals surface area contributed by atoms with Crippen molar-refractivity contribution < 1.29 is 4.79 Å². The fourth-order valence-corrected chi connectivity index (χ4v) is 4.79. The van der Waals surface area contributed by atoms with Crippen molar-refractivity contribution in [2.24, 2.45) is 11.8 Å². The molecule has 3 nitrogen and oxygen atoms in total. The monoisotopic (exact) mass is 360 g/mol. The Labute approximate surface area is 156 Å². The molecule has 1 N–H and O–H groups in total. The van der Waals surface area contributed by atoms with Gasteiger partial charge in [0.1, 0.15) is 0 Å². The summed E-state index contributed by atoms with van der Waals surface area (Å²) >= 11 is 1.84. The molecule has 1 aromatic rings. The van der Waals surface area contributed by atoms with Crippen LogP contribution < -0.4 is 5.32 Å². The number of likely N-dealkylation sites (tertiary alicyclic amines) is 1. The van der Waals surface area contributed by atoms with E-state index in [1.807, 2.05) is 11.8 Å². The molecule has 2 fully saturated rings. The molecule has 0 bridgehead atoms. The highest BCUT2D eigenvalue weighted by molar-refractivity contribution is 7.98. The van der Waals surface area contributed by atoms with Crippen LogP contribution in [0.25, 0.3) is 0 Å². The lowest BCUT2D eigenvalue weighted by Gasteiger charge is -2.32. The highest BCUT2D eigenvalue weighted by atomic mass is 32.2. The average Bonchev–Trinajstić information content (AvgIpc) is 2.68. The largest absolute Gasteiger partial charge is 0.356 e. The summed E-state index contributed by atoms with van der Waals surface area (Å²) in [5, 5.41) is 3.24. The van der Waals surface area contributed by atoms with E-state index in [2.05, 4.69) is 40.7 Å². The van der Waals surface area contributed by atoms with Crippen molar-refractivity contribution in [1.82, 2.24) is 10.2 Å². The molecular weight excluding hydrogens is 328 g/mol. The van der Waals surface area contributed by atoms with Crippen LogP contribution in [0.4, 0.5) is 0 Å². The Morgan fingerprint density at radius 1 is 1.12 bits per heavy atom. The van der Waals surface area contributed by atoms with Gasteiger partial charge in [-0.3, -0.25) is 9.69 Å². The number of rotatable bonds is 6. The topological polar surface area (TPSA) is 32.3 Å². The Bertz CT molecular complexity index is 549. The van der Waals surface area contributed by atoms with E-state index in [9.17, 15) is 4.79 Å². The van der Waals surface area contributed by atoms with Gasteiger partial charge in [0.25, 0.3) is 0 Å². The number of hydrogen-bond acceptors (Lipinski definition) is 3. The van der Waals surface area contributed by atoms with Gasteiger partial charge >= 0.3 is 0 Å². The number of thioether (sulfide) groups is 1. The molecular formula is C21H32N2OS. The van der Waals surface area contributed by atoms with Crippen molar-refractivity contribution in [2.75, 3.05) is 25.9 Å². The Hall–Kier alpha value is -1.00. The molecule has 1 aliphatic carbocycles. The van der Waals surface area contributed by atoms with Gasteiger partial charge in [-0.05, 0) is 62.6 Å². The van der Waals surface area contributed by atoms with Crippen molar-refractivity contribution in [3.05, 3.63) is 29.8 Å². The zero-order valence-corrected chi connectivity index (χ0v) is 16.3. The van der Waals surface area contributed by atoms with Crippen LogP contribution in [0.15, 0.2) is 29.2 Å². The summed E-state index contributed by atoms with van der Waals surface area (Å²) in [6.45, 7) is 4.22. The van der Waals surface area contributed by atoms with E-state index in [0.717, 1.165) is 39.0 Å². The molecule has 2 aliphatic rings. The number of nitrogens with one attached hydrogen (secondary N) is 1. The molecule has 1 heterocycles. The Morgan fingerprint density at radius 3 is 2.56 bits per heavy atom. The van der Waals surface area contributed by atoms with Crippen molar-refractivity contribution in [3.63, 3.8) is 0 Å². The third-order valence-corrected chi connectivity index (χ3v) is 6.67. The highest BCUT2D eigenvalue weighted by Crippen LogP contribution is 2.25. The van der Waals surface area contributed by atoms with E-state index in [1.54, 1.807) is 0 Å². The lowest BCUT2D eigenvalue weighted by atomic mass is 9.88. The second-order valence-electron chi connectivity index (χ2n) is 7.61. The molecule has 0 unspecified atom stereocenters. The second kappa shape index (κ2) is 9.63. The third-order valence-electron chi connectivity index (χ3n) is 5.83. The van der Waals surface area contributed by atoms with Gasteiger partial charge in [-0.1, -0.05) is 37.5 Å². The fourth-order valence-electron chi connectivity index (χ4n) is 4.18. The predicted molar refractivity (Wildman–Crippen MR) is 106 cm³/mol. The summed E-state index contributed by atoms with van der Waals surface area (Å²) in [4.78, 5) is 16.2. The lowest BCUT2D eigenvalue weighted by Crippen LogP contribution is -2.40. The summed E-state index contributed by atoms with van der Waals surface area (Å²) in [6, 6.07) is 8.73. The minimum absolute atomic E-state index is 0.289. The zero-order chi connectivity index (χ0) is 17.5. The van der Waals surface area contributed by atoms with Crippen molar-refractivity contribution in [2.45, 2.75) is 56.4 Å². The van der Waals surface area contributed by atoms with Crippen LogP contribution in [0.3, 0.4) is 0 Å². The van der Waals surface area contributed by atoms with E-state index < -0.39 is 0 Å². The minimum Gasteiger partial charge on any atom is -0.356 e. The Balaban J connectivity index is 1.39. The van der Waals surface area contributed by atoms with Gasteiger partial charge in [-0.2, -0.15) is 0 Å². The maximum atomic E-state index is 12.3. The van der Waals surface area contributed by atoms with Crippen LogP contribution in [-0.2, 0) is 11.3 Å². The molecule has 1 saturated carbocycles. The molecule has 25 heavy (non-hydrogen) atoms. The van der Waals surface area contributed by atoms with Crippen molar-refractivity contribution in [1.29, 1.82) is 0 Å². The molecule has 0 aromatic heterocycles. The van der Waals surface area contributed by atoms with Crippen LogP contribution in [0, 0.1) is 11.8 Å². The number of nitrogens with zero attached hydrogens (tertiary/aromatic N) is 1. The lowest BCUT2D eigenvalue weighted by molar-refractivity contribution is -0.126. The van der Waals surface area contributed by atoms with E-state index in [0.29, 0.717) is 11.8 Å². The molecule has 1 saturated heterocycles. The summed E-state index contributed by atoms with van der Waals surface area (Å²) < 4.78 is 0. The Kier molecular flexibility index (Phi) is 7.23. The number of carbonyl (C=O) groups excluding carboxylic acids is 1. The van der Waals surface area contributed by atoms with Crippen LogP contribution in [0.2, 0.25) is 0 Å². The van der Waals surface area contributed by atoms with Gasteiger partial charge in [-0.15, -0.1) is 11.8 Å². The van der Waals surface area contributed by atoms with E-state index in [1.165, 1.54) is 42.6 Å². The van der Waals surface area contributed by atoms with Crippen molar-refractivity contribution in [3.8, 4) is 0 Å². The van der Waals surface area contributed by atoms with Crippen LogP contribution in [0.1, 0.15) is 50.5 Å². The van der Waals surface area contributed by atoms with Gasteiger partial charge in [0.2, 0.25) is 5.91 Å². The van der Waals surface area contributed by atoms with Gasteiger partial charge in [0, 0.05) is 23.9 Å². The van der Waals surface area contributed by atoms with Gasteiger partial charge in [0.15, 0.2) is 0 Å². The maximum Gasteiger partial charge on any atom is 0.223 e. The van der Waals surface area contributed by atoms with Crippen molar-refractivity contribution >= 4 is 17.7 Å². The summed E-state index contributed by atoms with van der Waals surface area (Å²) in [5.74, 6) is 1.26. The zero-order valence-electron chi connectivity index (χ0n) is 15.5. The number of carbonyl (C=O) groups is 1. The normalized spacial score (nSPS) is 20.5. The molecule has 3 rings (SSSR count). The first-order chi connectivity index (χ1) is 12.3. The first kappa shape index (κ1) is 18.8. The molecule has 1 amide bonds. The second-order valence-corrected chi connectivity index (χ2v) is 8.46. The number of piperidine rings is 1. The van der Waals surface area contributed by atoms with Gasteiger partial charge < -0.3 is 5.32 Å². The predicted octanol–water partition coefficient (Wildman–Crippen LogP) is 4.32. The van der Waals surface area contributed by atoms with Crippen LogP contribution in [-0.4, -0.2) is 36.7 Å². The van der Waals surface area contributed by atoms with E-state index >= 15 is 0 Å². The molecule has 138 valence electrons. The third kappa shape index (κ3) is 5.49. The fraction of sp³-hybridized carbons (Fsp3) is 0.667. The highest BCUT2D eigenvalue weighted by Gasteiger charge is 2.24. The van der Waals surface area contributed by atoms with Gasteiger partial charge in [0.05, 0.1) is 0 Å². The number of amides is 1. The number of benzene rings is 1. The first-order valence-electron chi connectivity index (χ1n) is 9.88. The smallest absolute Gasteiger partial charge is 0.223 e. The quantitative estimate of drug-likeness (QED) is 0.767. The Morgan fingerprint density at radius 2 is 1.84 bits per heavy atom. The molecule has 0 spiro atoms. The summed E-state index contributed by atoms with van der Waals surface area (Å²) in [6.07, 6.45) is 10.5. The standard InChI is InChI=1S/C21H32N2OS/c1-25-20-10-6-5-9-19(20)16-23-13-11-17(12-14-23)15-22-21(24)18-7-3-2-4-8-18/h5-6,9-10,17-18H,2-4,7-8,11-16H2,1H3,(H,22,24).